The van der Waals surface area contributed by atoms with Gasteiger partial charge in [-0.2, -0.15) is 0 Å². The van der Waals surface area contributed by atoms with Crippen molar-refractivity contribution in [1.29, 1.82) is 0 Å². The maximum atomic E-state index is 13.7. The van der Waals surface area contributed by atoms with Gasteiger partial charge in [-0.15, -0.1) is 0 Å². The number of hydrogen-bond acceptors (Lipinski definition) is 5. The number of benzene rings is 1. The number of hydrogen-bond donors (Lipinski definition) is 1. The van der Waals surface area contributed by atoms with Crippen molar-refractivity contribution in [2.75, 3.05) is 13.2 Å². The Bertz CT molecular complexity index is 636. The van der Waals surface area contributed by atoms with Crippen LogP contribution in [0.2, 0.25) is 0 Å². The molecule has 0 bridgehead atoms. The van der Waals surface area contributed by atoms with Gasteiger partial charge in [-0.1, -0.05) is 0 Å². The molecule has 0 radical (unpaired) electrons. The van der Waals surface area contributed by atoms with E-state index in [1.807, 2.05) is 0 Å². The molecule has 0 aliphatic carbocycles. The lowest BCUT2D eigenvalue weighted by Gasteiger charge is -2.28. The fourth-order valence-corrected chi connectivity index (χ4v) is 3.57. The number of rotatable bonds is 8. The predicted molar refractivity (Wildman–Crippen MR) is 93.5 cm³/mol. The van der Waals surface area contributed by atoms with Crippen LogP contribution in [0.15, 0.2) is 21.1 Å². The van der Waals surface area contributed by atoms with Gasteiger partial charge >= 0.3 is 17.9 Å². The minimum absolute atomic E-state index is 0.0313. The van der Waals surface area contributed by atoms with Crippen LogP contribution >= 0.6 is 31.9 Å². The topological polar surface area (TPSA) is 89.9 Å². The van der Waals surface area contributed by atoms with Gasteiger partial charge < -0.3 is 14.6 Å². The average molecular weight is 484 g/mol. The van der Waals surface area contributed by atoms with E-state index in [4.69, 9.17) is 9.47 Å². The molecule has 0 fully saturated rings. The highest BCUT2D eigenvalue weighted by Crippen LogP contribution is 2.34. The second kappa shape index (κ2) is 9.28. The zero-order valence-electron chi connectivity index (χ0n) is 13.6. The Morgan fingerprint density at radius 3 is 1.88 bits per heavy atom. The van der Waals surface area contributed by atoms with Crippen molar-refractivity contribution in [1.82, 2.24) is 0 Å². The Hall–Kier alpha value is -1.48. The largest absolute Gasteiger partial charge is 0.481 e. The van der Waals surface area contributed by atoms with Gasteiger partial charge in [-0.05, 0) is 69.8 Å². The van der Waals surface area contributed by atoms with Crippen LogP contribution in [-0.2, 0) is 30.3 Å². The quantitative estimate of drug-likeness (QED) is 0.346. The second-order valence-electron chi connectivity index (χ2n) is 5.14. The Kier molecular flexibility index (Phi) is 8.01. The number of carboxylic acids is 1. The summed E-state index contributed by atoms with van der Waals surface area (Å²) in [5, 5.41) is 9.22. The van der Waals surface area contributed by atoms with Crippen molar-refractivity contribution in [2.45, 2.75) is 26.7 Å². The first-order valence-electron chi connectivity index (χ1n) is 7.37. The minimum Gasteiger partial charge on any atom is -0.481 e. The van der Waals surface area contributed by atoms with Crippen molar-refractivity contribution in [3.05, 3.63) is 32.5 Å². The van der Waals surface area contributed by atoms with Gasteiger partial charge in [-0.3, -0.25) is 14.4 Å². The third kappa shape index (κ3) is 5.24. The van der Waals surface area contributed by atoms with E-state index in [2.05, 4.69) is 31.9 Å². The molecule has 1 aromatic carbocycles. The second-order valence-corrected chi connectivity index (χ2v) is 6.85. The molecule has 6 nitrogen and oxygen atoms in total. The average Bonchev–Trinajstić information content (AvgIpc) is 2.51. The van der Waals surface area contributed by atoms with Crippen molar-refractivity contribution in [3.63, 3.8) is 0 Å². The monoisotopic (exact) mass is 482 g/mol. The molecule has 0 spiro atoms. The summed E-state index contributed by atoms with van der Waals surface area (Å²) < 4.78 is 23.8. The van der Waals surface area contributed by atoms with E-state index in [9.17, 15) is 23.9 Å². The minimum atomic E-state index is -2.06. The van der Waals surface area contributed by atoms with Crippen LogP contribution in [0.4, 0.5) is 4.39 Å². The molecule has 1 rings (SSSR count). The van der Waals surface area contributed by atoms with Crippen LogP contribution in [0.5, 0.6) is 0 Å². The lowest BCUT2D eigenvalue weighted by molar-refractivity contribution is -0.176. The van der Waals surface area contributed by atoms with Crippen LogP contribution in [-0.4, -0.2) is 36.2 Å². The summed E-state index contributed by atoms with van der Waals surface area (Å²) in [5.41, 5.74) is -1.70. The highest BCUT2D eigenvalue weighted by Gasteiger charge is 2.51. The molecule has 0 saturated heterocycles. The first-order chi connectivity index (χ1) is 11.7. The van der Waals surface area contributed by atoms with Crippen LogP contribution in [0.3, 0.4) is 0 Å². The van der Waals surface area contributed by atoms with E-state index >= 15 is 0 Å². The Morgan fingerprint density at radius 1 is 1.08 bits per heavy atom. The van der Waals surface area contributed by atoms with Gasteiger partial charge in [-0.25, -0.2) is 4.39 Å². The zero-order valence-corrected chi connectivity index (χ0v) is 16.8. The molecular weight excluding hydrogens is 467 g/mol. The number of ether oxygens (including phenoxy) is 2. The Balaban J connectivity index is 3.44. The standard InChI is InChI=1S/C16H17Br2FO6/c1-3-24-14(22)16(8-12(20)21,15(23)25-4-2)7-9-5-10(17)13(19)11(18)6-9/h5-6H,3-4,7-8H2,1-2H3,(H,20,21). The Morgan fingerprint density at radius 2 is 1.52 bits per heavy atom. The van der Waals surface area contributed by atoms with E-state index in [-0.39, 0.29) is 28.6 Å². The SMILES string of the molecule is CCOC(=O)C(CC(=O)O)(Cc1cc(Br)c(F)c(Br)c1)C(=O)OCC. The summed E-state index contributed by atoms with van der Waals surface area (Å²) in [5.74, 6) is -3.90. The summed E-state index contributed by atoms with van der Waals surface area (Å²) >= 11 is 6.07. The number of carboxylic acid groups (broad SMARTS) is 1. The third-order valence-electron chi connectivity index (χ3n) is 3.33. The summed E-state index contributed by atoms with van der Waals surface area (Å²) in [4.78, 5) is 36.3. The van der Waals surface area contributed by atoms with Gasteiger partial charge in [0.05, 0.1) is 28.6 Å². The van der Waals surface area contributed by atoms with Crippen LogP contribution in [0.25, 0.3) is 0 Å². The Labute approximate surface area is 160 Å². The van der Waals surface area contributed by atoms with Crippen molar-refractivity contribution in [3.8, 4) is 0 Å². The van der Waals surface area contributed by atoms with Crippen LogP contribution < -0.4 is 0 Å². The third-order valence-corrected chi connectivity index (χ3v) is 4.49. The first kappa shape index (κ1) is 21.6. The number of aliphatic carboxylic acids is 1. The highest BCUT2D eigenvalue weighted by atomic mass is 79.9. The summed E-state index contributed by atoms with van der Waals surface area (Å²) in [6.45, 7) is 3.02. The van der Waals surface area contributed by atoms with E-state index < -0.39 is 35.6 Å². The zero-order chi connectivity index (χ0) is 19.2. The van der Waals surface area contributed by atoms with Gasteiger partial charge in [0.15, 0.2) is 11.2 Å². The van der Waals surface area contributed by atoms with Crippen LogP contribution in [0, 0.1) is 11.2 Å². The van der Waals surface area contributed by atoms with E-state index in [1.165, 1.54) is 12.1 Å². The van der Waals surface area contributed by atoms with Crippen LogP contribution in [0.1, 0.15) is 25.8 Å². The van der Waals surface area contributed by atoms with Gasteiger partial charge in [0.1, 0.15) is 0 Å². The van der Waals surface area contributed by atoms with Gasteiger partial charge in [0, 0.05) is 0 Å². The summed E-state index contributed by atoms with van der Waals surface area (Å²) in [6.07, 6.45) is -1.12. The van der Waals surface area contributed by atoms with Gasteiger partial charge in [0.25, 0.3) is 0 Å². The fraction of sp³-hybridized carbons (Fsp3) is 0.438. The van der Waals surface area contributed by atoms with Crippen molar-refractivity contribution < 1.29 is 33.4 Å². The van der Waals surface area contributed by atoms with E-state index in [0.717, 1.165) is 0 Å². The maximum absolute atomic E-state index is 13.7. The first-order valence-corrected chi connectivity index (χ1v) is 8.96. The highest BCUT2D eigenvalue weighted by molar-refractivity contribution is 9.11. The molecule has 0 heterocycles. The number of esters is 2. The fourth-order valence-electron chi connectivity index (χ4n) is 2.29. The molecule has 0 saturated carbocycles. The molecule has 25 heavy (non-hydrogen) atoms. The molecule has 138 valence electrons. The van der Waals surface area contributed by atoms with E-state index in [0.29, 0.717) is 5.56 Å². The molecule has 1 aromatic rings. The maximum Gasteiger partial charge on any atom is 0.324 e. The van der Waals surface area contributed by atoms with Gasteiger partial charge in [0.2, 0.25) is 0 Å². The predicted octanol–water partition coefficient (Wildman–Crippen LogP) is 3.48. The summed E-state index contributed by atoms with van der Waals surface area (Å²) in [6, 6.07) is 2.74. The molecule has 9 heteroatoms. The molecule has 0 unspecified atom stereocenters. The molecule has 0 aliphatic heterocycles. The molecule has 0 aliphatic rings. The number of carbonyl (C=O) groups is 3. The lowest BCUT2D eigenvalue weighted by Crippen LogP contribution is -2.45. The summed E-state index contributed by atoms with van der Waals surface area (Å²) in [7, 11) is 0. The van der Waals surface area contributed by atoms with Crippen molar-refractivity contribution >= 4 is 49.8 Å². The molecule has 0 aromatic heterocycles. The van der Waals surface area contributed by atoms with Crippen molar-refractivity contribution in [2.24, 2.45) is 5.41 Å². The van der Waals surface area contributed by atoms with E-state index in [1.54, 1.807) is 13.8 Å². The lowest BCUT2D eigenvalue weighted by atomic mass is 9.78. The molecule has 1 N–H and O–H groups in total. The molecular formula is C16H17Br2FO6. The number of halogens is 3. The molecule has 0 atom stereocenters. The smallest absolute Gasteiger partial charge is 0.324 e. The number of carbonyl (C=O) groups excluding carboxylic acids is 2. The normalized spacial score (nSPS) is 11.1. The molecule has 0 amide bonds.